The number of benzene rings is 10. The number of para-hydroxylation sites is 3. The summed E-state index contributed by atoms with van der Waals surface area (Å²) in [7, 11) is 0. The number of nitrogens with zero attached hydrogens (tertiary/aromatic N) is 3. The molecule has 3 heterocycles. The molecule has 0 fully saturated rings. The number of fused-ring (bicyclic) bond motifs is 21. The van der Waals surface area contributed by atoms with Crippen molar-refractivity contribution in [2.75, 3.05) is 0 Å². The van der Waals surface area contributed by atoms with Gasteiger partial charge in [-0.1, -0.05) is 187 Å². The molecule has 0 saturated carbocycles. The van der Waals surface area contributed by atoms with Crippen LogP contribution in [-0.4, -0.2) is 13.7 Å². The van der Waals surface area contributed by atoms with Crippen LogP contribution in [0.4, 0.5) is 0 Å². The maximum atomic E-state index is 2.62. The minimum atomic E-state index is -0.159. The molecule has 0 atom stereocenters. The first-order chi connectivity index (χ1) is 35.0. The first-order valence-electron chi connectivity index (χ1n) is 25.7. The standard InChI is InChI=1S/C69H51N3/c1-67(2)52-25-13-7-19-43(52)46-34-31-40(37-55(46)67)70-58-28-16-10-22-49(58)61-64(70)62-50-23-11-17-29-59(50)71(41-32-35-47-44-20-8-14-26-53(44)68(3,4)56(47)38-41)66(62)63-51-24-12-18-30-60(51)72(65(61)63)42-33-36-48-45-21-9-15-27-54(45)69(5,6)57(48)39-42/h7-39H,1-6H3. The van der Waals surface area contributed by atoms with E-state index >= 15 is 0 Å². The molecule has 0 spiro atoms. The molecule has 3 nitrogen and oxygen atoms in total. The van der Waals surface area contributed by atoms with Crippen LogP contribution in [0.25, 0.3) is 116 Å². The Bertz CT molecular complexity index is 4100. The second kappa shape index (κ2) is 13.5. The van der Waals surface area contributed by atoms with E-state index in [0.29, 0.717) is 0 Å². The van der Waals surface area contributed by atoms with E-state index in [1.54, 1.807) is 0 Å². The van der Waals surface area contributed by atoms with Gasteiger partial charge in [-0.05, 0) is 121 Å². The van der Waals surface area contributed by atoms with Gasteiger partial charge in [-0.25, -0.2) is 0 Å². The minimum absolute atomic E-state index is 0.159. The first-order valence-corrected chi connectivity index (χ1v) is 25.7. The van der Waals surface area contributed by atoms with E-state index < -0.39 is 0 Å². The number of hydrogen-bond donors (Lipinski definition) is 0. The molecule has 16 rings (SSSR count). The molecule has 0 radical (unpaired) electrons. The maximum absolute atomic E-state index is 2.62. The van der Waals surface area contributed by atoms with Crippen LogP contribution in [0.3, 0.4) is 0 Å². The Morgan fingerprint density at radius 3 is 0.806 bits per heavy atom. The molecule has 3 aliphatic carbocycles. The molecule has 0 aliphatic heterocycles. The zero-order chi connectivity index (χ0) is 48.2. The van der Waals surface area contributed by atoms with E-state index in [4.69, 9.17) is 0 Å². The van der Waals surface area contributed by atoms with Gasteiger partial charge in [0, 0.05) is 65.6 Å². The van der Waals surface area contributed by atoms with Crippen LogP contribution < -0.4 is 0 Å². The summed E-state index contributed by atoms with van der Waals surface area (Å²) < 4.78 is 7.86. The highest BCUT2D eigenvalue weighted by molar-refractivity contribution is 6.40. The van der Waals surface area contributed by atoms with E-state index in [9.17, 15) is 0 Å². The van der Waals surface area contributed by atoms with Crippen LogP contribution in [0.5, 0.6) is 0 Å². The van der Waals surface area contributed by atoms with Crippen LogP contribution in [0, 0.1) is 0 Å². The lowest BCUT2D eigenvalue weighted by atomic mass is 9.82. The molecular formula is C69H51N3. The summed E-state index contributed by atoms with van der Waals surface area (Å²) in [6, 6.07) is 76.4. The molecule has 0 bridgehead atoms. The summed E-state index contributed by atoms with van der Waals surface area (Å²) in [4.78, 5) is 0. The fraction of sp³-hybridized carbons (Fsp3) is 0.130. The van der Waals surface area contributed by atoms with Gasteiger partial charge in [-0.15, -0.1) is 0 Å². The normalized spacial score (nSPS) is 15.4. The van der Waals surface area contributed by atoms with Crippen LogP contribution >= 0.6 is 0 Å². The Balaban J connectivity index is 1.11. The van der Waals surface area contributed by atoms with Crippen molar-refractivity contribution >= 4 is 65.4 Å². The molecule has 10 aromatic carbocycles. The van der Waals surface area contributed by atoms with Crippen molar-refractivity contribution in [3.05, 3.63) is 234 Å². The average Bonchev–Trinajstić information content (AvgIpc) is 4.20. The number of hydrogen-bond acceptors (Lipinski definition) is 0. The quantitative estimate of drug-likeness (QED) is 0.168. The highest BCUT2D eigenvalue weighted by atomic mass is 15.0. The summed E-state index contributed by atoms with van der Waals surface area (Å²) in [5, 5.41) is 7.54. The third-order valence-electron chi connectivity index (χ3n) is 17.8. The molecule has 3 heteroatoms. The van der Waals surface area contributed by atoms with E-state index in [-0.39, 0.29) is 16.2 Å². The van der Waals surface area contributed by atoms with Gasteiger partial charge in [0.15, 0.2) is 0 Å². The summed E-state index contributed by atoms with van der Waals surface area (Å²) in [5.41, 5.74) is 26.6. The van der Waals surface area contributed by atoms with E-state index in [2.05, 4.69) is 255 Å². The number of aromatic nitrogens is 3. The van der Waals surface area contributed by atoms with E-state index in [0.717, 1.165) is 0 Å². The van der Waals surface area contributed by atoms with Crippen molar-refractivity contribution < 1.29 is 0 Å². The van der Waals surface area contributed by atoms with Crippen molar-refractivity contribution in [1.82, 2.24) is 13.7 Å². The third kappa shape index (κ3) is 4.82. The lowest BCUT2D eigenvalue weighted by molar-refractivity contribution is 0.660. The van der Waals surface area contributed by atoms with Gasteiger partial charge in [0.1, 0.15) is 0 Å². The Labute approximate surface area is 418 Å². The van der Waals surface area contributed by atoms with Crippen LogP contribution in [0.1, 0.15) is 74.9 Å². The van der Waals surface area contributed by atoms with Gasteiger partial charge in [-0.3, -0.25) is 0 Å². The van der Waals surface area contributed by atoms with Gasteiger partial charge in [0.25, 0.3) is 0 Å². The van der Waals surface area contributed by atoms with Crippen LogP contribution in [0.15, 0.2) is 200 Å². The summed E-state index contributed by atoms with van der Waals surface area (Å²) in [6.45, 7) is 14.4. The van der Waals surface area contributed by atoms with Gasteiger partial charge < -0.3 is 13.7 Å². The predicted octanol–water partition coefficient (Wildman–Crippen LogP) is 17.9. The highest BCUT2D eigenvalue weighted by Crippen LogP contribution is 2.55. The molecule has 0 saturated heterocycles. The lowest BCUT2D eigenvalue weighted by Gasteiger charge is -2.23. The molecular weight excluding hydrogens is 871 g/mol. The van der Waals surface area contributed by atoms with Gasteiger partial charge in [0.05, 0.1) is 33.1 Å². The first kappa shape index (κ1) is 40.3. The van der Waals surface area contributed by atoms with E-state index in [1.165, 1.54) is 149 Å². The molecule has 13 aromatic rings. The lowest BCUT2D eigenvalue weighted by Crippen LogP contribution is -2.15. The SMILES string of the molecule is CC1(C)c2ccccc2-c2ccc(-n3c4ccccc4c4c3c3c5ccccc5n(-c5ccc6c(c5)C(C)(C)c5ccccc5-6)c3c3c5ccccc5n(-c5ccc6c(c5)C(C)(C)c5ccccc5-6)c43)cc21. The topological polar surface area (TPSA) is 14.8 Å². The molecule has 3 aromatic heterocycles. The van der Waals surface area contributed by atoms with Crippen molar-refractivity contribution in [2.45, 2.75) is 57.8 Å². The summed E-state index contributed by atoms with van der Waals surface area (Å²) >= 11 is 0. The molecule has 0 N–H and O–H groups in total. The summed E-state index contributed by atoms with van der Waals surface area (Å²) in [6.07, 6.45) is 0. The monoisotopic (exact) mass is 921 g/mol. The van der Waals surface area contributed by atoms with E-state index in [1.807, 2.05) is 0 Å². The highest BCUT2D eigenvalue weighted by Gasteiger charge is 2.39. The average molecular weight is 922 g/mol. The molecule has 0 amide bonds. The zero-order valence-electron chi connectivity index (χ0n) is 41.4. The van der Waals surface area contributed by atoms with Gasteiger partial charge in [-0.2, -0.15) is 0 Å². The summed E-state index contributed by atoms with van der Waals surface area (Å²) in [5.74, 6) is 0. The zero-order valence-corrected chi connectivity index (χ0v) is 41.4. The minimum Gasteiger partial charge on any atom is -0.308 e. The van der Waals surface area contributed by atoms with Crippen molar-refractivity contribution in [3.63, 3.8) is 0 Å². The second-order valence-corrected chi connectivity index (χ2v) is 22.4. The molecule has 0 unspecified atom stereocenters. The van der Waals surface area contributed by atoms with Gasteiger partial charge >= 0.3 is 0 Å². The predicted molar refractivity (Wildman–Crippen MR) is 302 cm³/mol. The van der Waals surface area contributed by atoms with Gasteiger partial charge in [0.2, 0.25) is 0 Å². The molecule has 3 aliphatic rings. The maximum Gasteiger partial charge on any atom is 0.0663 e. The molecule has 342 valence electrons. The van der Waals surface area contributed by atoms with Crippen LogP contribution in [-0.2, 0) is 16.2 Å². The van der Waals surface area contributed by atoms with Crippen LogP contribution in [0.2, 0.25) is 0 Å². The fourth-order valence-corrected chi connectivity index (χ4v) is 14.4. The Morgan fingerprint density at radius 2 is 0.500 bits per heavy atom. The fourth-order valence-electron chi connectivity index (χ4n) is 14.4. The largest absolute Gasteiger partial charge is 0.308 e. The Morgan fingerprint density at radius 1 is 0.250 bits per heavy atom. The van der Waals surface area contributed by atoms with Crippen molar-refractivity contribution in [3.8, 4) is 50.4 Å². The Kier molecular flexibility index (Phi) is 7.57. The second-order valence-electron chi connectivity index (χ2n) is 22.4. The Hall–Kier alpha value is -8.40. The number of rotatable bonds is 3. The third-order valence-corrected chi connectivity index (χ3v) is 17.8. The molecule has 72 heavy (non-hydrogen) atoms. The van der Waals surface area contributed by atoms with Crippen molar-refractivity contribution in [2.24, 2.45) is 0 Å². The van der Waals surface area contributed by atoms with Crippen molar-refractivity contribution in [1.29, 1.82) is 0 Å². The smallest absolute Gasteiger partial charge is 0.0663 e.